The van der Waals surface area contributed by atoms with Crippen LogP contribution in [0.15, 0.2) is 42.5 Å². The molecule has 1 fully saturated rings. The summed E-state index contributed by atoms with van der Waals surface area (Å²) in [6, 6.07) is 14.8. The number of carbonyl (C=O) groups is 1. The number of hydrogen-bond donors (Lipinski definition) is 0. The fourth-order valence-corrected chi connectivity index (χ4v) is 2.30. The molecule has 17 heavy (non-hydrogen) atoms. The molecule has 86 valence electrons. The van der Waals surface area contributed by atoms with E-state index in [1.54, 1.807) is 0 Å². The molecule has 2 heteroatoms. The number of hydrogen-bond acceptors (Lipinski definition) is 1. The van der Waals surface area contributed by atoms with Crippen molar-refractivity contribution in [3.63, 3.8) is 0 Å². The largest absolute Gasteiger partial charge is 0.336 e. The summed E-state index contributed by atoms with van der Waals surface area (Å²) in [5.41, 5.74) is 1.13. The third kappa shape index (κ3) is 1.91. The zero-order chi connectivity index (χ0) is 11.8. The fourth-order valence-electron chi connectivity index (χ4n) is 2.30. The van der Waals surface area contributed by atoms with Crippen molar-refractivity contribution in [2.75, 3.05) is 6.54 Å². The Labute approximate surface area is 101 Å². The summed E-state index contributed by atoms with van der Waals surface area (Å²) < 4.78 is 0. The summed E-state index contributed by atoms with van der Waals surface area (Å²) in [6.45, 7) is 3.00. The van der Waals surface area contributed by atoms with E-state index >= 15 is 0 Å². The molecule has 2 nitrogen and oxygen atoms in total. The van der Waals surface area contributed by atoms with Crippen LogP contribution in [0.2, 0.25) is 0 Å². The van der Waals surface area contributed by atoms with E-state index in [2.05, 4.69) is 31.2 Å². The minimum atomic E-state index is 0.244. The van der Waals surface area contributed by atoms with Gasteiger partial charge in [0, 0.05) is 12.6 Å². The molecule has 2 aromatic rings. The van der Waals surface area contributed by atoms with Crippen LogP contribution >= 0.6 is 0 Å². The van der Waals surface area contributed by atoms with Gasteiger partial charge in [0.25, 0.3) is 0 Å². The molecule has 0 aromatic heterocycles. The van der Waals surface area contributed by atoms with E-state index in [-0.39, 0.29) is 5.91 Å². The third-order valence-corrected chi connectivity index (χ3v) is 3.40. The van der Waals surface area contributed by atoms with Crippen molar-refractivity contribution in [1.82, 2.24) is 4.90 Å². The molecule has 1 amide bonds. The Balaban J connectivity index is 1.92. The van der Waals surface area contributed by atoms with Crippen molar-refractivity contribution in [2.24, 2.45) is 0 Å². The standard InChI is InChI=1S/C15H15NO/c1-11-10-16(11)15(17)9-13-7-4-6-12-5-2-3-8-14(12)13/h2-8,11H,9-10H2,1H3. The van der Waals surface area contributed by atoms with Gasteiger partial charge in [-0.1, -0.05) is 42.5 Å². The number of fused-ring (bicyclic) bond motifs is 1. The van der Waals surface area contributed by atoms with Crippen LogP contribution in [0.3, 0.4) is 0 Å². The highest BCUT2D eigenvalue weighted by Gasteiger charge is 2.33. The Kier molecular flexibility index (Phi) is 2.36. The monoisotopic (exact) mass is 225 g/mol. The van der Waals surface area contributed by atoms with Gasteiger partial charge in [-0.3, -0.25) is 4.79 Å². The first kappa shape index (κ1) is 10.3. The predicted octanol–water partition coefficient (Wildman–Crippen LogP) is 2.61. The highest BCUT2D eigenvalue weighted by molar-refractivity contribution is 5.90. The number of nitrogens with zero attached hydrogens (tertiary/aromatic N) is 1. The minimum Gasteiger partial charge on any atom is -0.336 e. The number of benzene rings is 2. The Morgan fingerprint density at radius 1 is 1.24 bits per heavy atom. The lowest BCUT2D eigenvalue weighted by Crippen LogP contribution is -2.15. The van der Waals surface area contributed by atoms with Gasteiger partial charge < -0.3 is 4.90 Å². The summed E-state index contributed by atoms with van der Waals surface area (Å²) in [7, 11) is 0. The van der Waals surface area contributed by atoms with Crippen LogP contribution in [0.4, 0.5) is 0 Å². The zero-order valence-corrected chi connectivity index (χ0v) is 9.89. The van der Waals surface area contributed by atoms with E-state index < -0.39 is 0 Å². The Bertz CT molecular complexity index is 571. The fraction of sp³-hybridized carbons (Fsp3) is 0.267. The van der Waals surface area contributed by atoms with Gasteiger partial charge in [0.05, 0.1) is 6.42 Å². The van der Waals surface area contributed by atoms with Crippen LogP contribution in [0.5, 0.6) is 0 Å². The van der Waals surface area contributed by atoms with Crippen molar-refractivity contribution in [2.45, 2.75) is 19.4 Å². The Hall–Kier alpha value is -1.83. The average Bonchev–Trinajstić information content (AvgIpc) is 3.07. The highest BCUT2D eigenvalue weighted by atomic mass is 16.2. The zero-order valence-electron chi connectivity index (χ0n) is 9.89. The van der Waals surface area contributed by atoms with E-state index in [0.717, 1.165) is 12.1 Å². The highest BCUT2D eigenvalue weighted by Crippen LogP contribution is 2.22. The van der Waals surface area contributed by atoms with Crippen molar-refractivity contribution >= 4 is 16.7 Å². The second-order valence-corrected chi connectivity index (χ2v) is 4.71. The average molecular weight is 225 g/mol. The SMILES string of the molecule is CC1CN1C(=O)Cc1cccc2ccccc12. The molecule has 0 N–H and O–H groups in total. The van der Waals surface area contributed by atoms with E-state index in [4.69, 9.17) is 0 Å². The number of rotatable bonds is 2. The lowest BCUT2D eigenvalue weighted by Gasteiger charge is -2.06. The maximum Gasteiger partial charge on any atom is 0.227 e. The number of carbonyl (C=O) groups excluding carboxylic acids is 1. The van der Waals surface area contributed by atoms with Crippen molar-refractivity contribution in [1.29, 1.82) is 0 Å². The summed E-state index contributed by atoms with van der Waals surface area (Å²) in [5, 5.41) is 2.40. The van der Waals surface area contributed by atoms with Gasteiger partial charge in [-0.05, 0) is 23.3 Å². The molecule has 0 radical (unpaired) electrons. The van der Waals surface area contributed by atoms with Gasteiger partial charge >= 0.3 is 0 Å². The molecule has 1 aliphatic rings. The van der Waals surface area contributed by atoms with Crippen molar-refractivity contribution in [3.05, 3.63) is 48.0 Å². The molecule has 0 bridgehead atoms. The smallest absolute Gasteiger partial charge is 0.227 e. The molecule has 0 saturated carbocycles. The molecule has 1 unspecified atom stereocenters. The van der Waals surface area contributed by atoms with Gasteiger partial charge in [0.15, 0.2) is 0 Å². The van der Waals surface area contributed by atoms with Crippen LogP contribution in [0.25, 0.3) is 10.8 Å². The summed E-state index contributed by atoms with van der Waals surface area (Å²) >= 11 is 0. The van der Waals surface area contributed by atoms with Crippen LogP contribution in [0, 0.1) is 0 Å². The third-order valence-electron chi connectivity index (χ3n) is 3.40. The molecule has 1 atom stereocenters. The van der Waals surface area contributed by atoms with Crippen LogP contribution in [0.1, 0.15) is 12.5 Å². The Morgan fingerprint density at radius 2 is 1.94 bits per heavy atom. The minimum absolute atomic E-state index is 0.244. The first-order valence-corrected chi connectivity index (χ1v) is 6.02. The number of amides is 1. The van der Waals surface area contributed by atoms with Gasteiger partial charge in [-0.25, -0.2) is 0 Å². The molecule has 2 aromatic carbocycles. The van der Waals surface area contributed by atoms with Crippen LogP contribution in [-0.2, 0) is 11.2 Å². The predicted molar refractivity (Wildman–Crippen MR) is 68.8 cm³/mol. The van der Waals surface area contributed by atoms with Crippen LogP contribution in [-0.4, -0.2) is 23.4 Å². The summed E-state index contributed by atoms with van der Waals surface area (Å²) in [5.74, 6) is 0.244. The maximum atomic E-state index is 12.0. The Morgan fingerprint density at radius 3 is 2.71 bits per heavy atom. The van der Waals surface area contributed by atoms with E-state index in [1.807, 2.05) is 23.1 Å². The lowest BCUT2D eigenvalue weighted by atomic mass is 10.0. The first-order chi connectivity index (χ1) is 8.25. The molecule has 1 aliphatic heterocycles. The van der Waals surface area contributed by atoms with Gasteiger partial charge in [-0.15, -0.1) is 0 Å². The molecular formula is C15H15NO. The molecule has 3 rings (SSSR count). The summed E-state index contributed by atoms with van der Waals surface area (Å²) in [6.07, 6.45) is 0.520. The van der Waals surface area contributed by atoms with Gasteiger partial charge in [0.2, 0.25) is 5.91 Å². The second kappa shape index (κ2) is 3.88. The second-order valence-electron chi connectivity index (χ2n) is 4.71. The quantitative estimate of drug-likeness (QED) is 0.719. The van der Waals surface area contributed by atoms with Crippen molar-refractivity contribution in [3.8, 4) is 0 Å². The molecular weight excluding hydrogens is 210 g/mol. The molecule has 0 spiro atoms. The normalized spacial score (nSPS) is 18.4. The lowest BCUT2D eigenvalue weighted by molar-refractivity contribution is -0.125. The van der Waals surface area contributed by atoms with E-state index in [1.165, 1.54) is 10.8 Å². The van der Waals surface area contributed by atoms with Gasteiger partial charge in [-0.2, -0.15) is 0 Å². The van der Waals surface area contributed by atoms with Crippen LogP contribution < -0.4 is 0 Å². The molecule has 1 saturated heterocycles. The maximum absolute atomic E-state index is 12.0. The first-order valence-electron chi connectivity index (χ1n) is 6.02. The van der Waals surface area contributed by atoms with Crippen molar-refractivity contribution < 1.29 is 4.79 Å². The van der Waals surface area contributed by atoms with Gasteiger partial charge in [0.1, 0.15) is 0 Å². The van der Waals surface area contributed by atoms with E-state index in [0.29, 0.717) is 12.5 Å². The molecule has 1 heterocycles. The topological polar surface area (TPSA) is 20.1 Å². The summed E-state index contributed by atoms with van der Waals surface area (Å²) in [4.78, 5) is 13.9. The van der Waals surface area contributed by atoms with E-state index in [9.17, 15) is 4.79 Å². The molecule has 0 aliphatic carbocycles.